The molecule has 0 unspecified atom stereocenters. The van der Waals surface area contributed by atoms with Crippen molar-refractivity contribution in [3.8, 4) is 0 Å². The quantitative estimate of drug-likeness (QED) is 0.217. The van der Waals surface area contributed by atoms with Gasteiger partial charge in [0, 0.05) is 0 Å². The van der Waals surface area contributed by atoms with Crippen LogP contribution in [0.25, 0.3) is 0 Å². The molecule has 0 bridgehead atoms. The van der Waals surface area contributed by atoms with E-state index in [2.05, 4.69) is 27.7 Å². The monoisotopic (exact) mass is 682 g/mol. The summed E-state index contributed by atoms with van der Waals surface area (Å²) in [5.74, 6) is 1.16. The molecule has 2 saturated carbocycles. The van der Waals surface area contributed by atoms with E-state index in [1.54, 1.807) is 0 Å². The Hall–Kier alpha value is -1.43. The number of nitrogens with one attached hydrogen (secondary N) is 2. The van der Waals surface area contributed by atoms with E-state index in [4.69, 9.17) is 9.47 Å². The van der Waals surface area contributed by atoms with Crippen LogP contribution in [0.3, 0.4) is 0 Å². The molecular formula is C32H49IN3O5-. The average molecular weight is 683 g/mol. The number of nitrogens with zero attached hydrogens (tertiary/aromatic N) is 1. The SMILES string of the molecule is CC(C)(C)NC(=O)[C@@H]1C[C@@H]2CCCC[C@@H]2CN1C[C@@H](O)[C@@H](NC(=O)O[C@H]1CC[C@]2(CCCO2)C1)[I-]c1ccccc1. The first kappa shape index (κ1) is 31.0. The molecule has 2 amide bonds. The zero-order chi connectivity index (χ0) is 29.0. The first-order valence-electron chi connectivity index (χ1n) is 15.6. The third-order valence-corrected chi connectivity index (χ3v) is 12.5. The molecule has 8 nitrogen and oxygen atoms in total. The van der Waals surface area contributed by atoms with E-state index in [-0.39, 0.29) is 29.2 Å². The zero-order valence-electron chi connectivity index (χ0n) is 24.9. The normalized spacial score (nSPS) is 31.9. The second-order valence-electron chi connectivity index (χ2n) is 13.7. The molecule has 4 aliphatic rings. The van der Waals surface area contributed by atoms with E-state index in [0.29, 0.717) is 18.4 Å². The summed E-state index contributed by atoms with van der Waals surface area (Å²) in [5.41, 5.74) is -0.436. The van der Waals surface area contributed by atoms with Gasteiger partial charge in [-0.1, -0.05) is 0 Å². The van der Waals surface area contributed by atoms with E-state index >= 15 is 0 Å². The predicted molar refractivity (Wildman–Crippen MR) is 153 cm³/mol. The molecule has 1 aromatic carbocycles. The molecule has 5 rings (SSSR count). The number of likely N-dealkylation sites (tertiary alicyclic amines) is 1. The van der Waals surface area contributed by atoms with Gasteiger partial charge >= 0.3 is 257 Å². The van der Waals surface area contributed by atoms with Crippen LogP contribution in [-0.2, 0) is 14.3 Å². The number of carbonyl (C=O) groups excluding carboxylic acids is 2. The average Bonchev–Trinajstić information content (AvgIpc) is 3.56. The van der Waals surface area contributed by atoms with Crippen LogP contribution >= 0.6 is 0 Å². The topological polar surface area (TPSA) is 100 Å². The van der Waals surface area contributed by atoms with Gasteiger partial charge in [-0.15, -0.1) is 0 Å². The molecule has 0 radical (unpaired) electrons. The van der Waals surface area contributed by atoms with Crippen LogP contribution in [0.1, 0.15) is 85.0 Å². The van der Waals surface area contributed by atoms with Crippen LogP contribution in [0.5, 0.6) is 0 Å². The molecule has 3 N–H and O–H groups in total. The molecule has 2 aliphatic heterocycles. The minimum atomic E-state index is -0.811. The Balaban J connectivity index is 1.27. The molecule has 230 valence electrons. The van der Waals surface area contributed by atoms with Crippen LogP contribution in [0, 0.1) is 15.4 Å². The van der Waals surface area contributed by atoms with Gasteiger partial charge in [0.2, 0.25) is 0 Å². The zero-order valence-corrected chi connectivity index (χ0v) is 27.1. The number of aliphatic hydroxyl groups is 1. The van der Waals surface area contributed by atoms with E-state index in [0.717, 1.165) is 55.2 Å². The third kappa shape index (κ3) is 8.36. The van der Waals surface area contributed by atoms with E-state index in [9.17, 15) is 14.7 Å². The first-order chi connectivity index (χ1) is 19.6. The number of fused-ring (bicyclic) bond motifs is 1. The van der Waals surface area contributed by atoms with Crippen molar-refractivity contribution in [2.75, 3.05) is 19.7 Å². The number of piperidine rings is 1. The molecule has 2 heterocycles. The molecule has 0 aromatic heterocycles. The number of hydrogen-bond acceptors (Lipinski definition) is 6. The van der Waals surface area contributed by atoms with E-state index in [1.165, 1.54) is 25.7 Å². The number of benzene rings is 1. The maximum absolute atomic E-state index is 13.5. The maximum atomic E-state index is 13.5. The van der Waals surface area contributed by atoms with Gasteiger partial charge in [0.05, 0.1) is 0 Å². The van der Waals surface area contributed by atoms with Crippen LogP contribution in [0.4, 0.5) is 4.79 Å². The molecule has 2 aliphatic carbocycles. The summed E-state index contributed by atoms with van der Waals surface area (Å²) in [6.45, 7) is 7.99. The van der Waals surface area contributed by atoms with Gasteiger partial charge < -0.3 is 0 Å². The van der Waals surface area contributed by atoms with Crippen molar-refractivity contribution < 1.29 is 45.4 Å². The van der Waals surface area contributed by atoms with Crippen molar-refractivity contribution >= 4 is 12.0 Å². The minimum absolute atomic E-state index is 0.0414. The van der Waals surface area contributed by atoms with E-state index < -0.39 is 37.5 Å². The fourth-order valence-electron chi connectivity index (χ4n) is 7.33. The molecule has 2 saturated heterocycles. The van der Waals surface area contributed by atoms with Gasteiger partial charge in [-0.05, 0) is 0 Å². The number of alkyl halides is 1. The van der Waals surface area contributed by atoms with Gasteiger partial charge in [-0.3, -0.25) is 0 Å². The number of alkyl carbamates (subject to hydrolysis) is 1. The molecule has 1 aromatic rings. The van der Waals surface area contributed by atoms with Crippen molar-refractivity contribution in [3.63, 3.8) is 0 Å². The summed E-state index contributed by atoms with van der Waals surface area (Å²) in [6.07, 6.45) is 8.85. The molecule has 9 heteroatoms. The Labute approximate surface area is 255 Å². The van der Waals surface area contributed by atoms with Crippen molar-refractivity contribution in [3.05, 3.63) is 33.9 Å². The number of halogens is 1. The number of aliphatic hydroxyl groups excluding tert-OH is 1. The summed E-state index contributed by atoms with van der Waals surface area (Å²) in [4.78, 5) is 28.9. The number of amides is 2. The Morgan fingerprint density at radius 2 is 1.88 bits per heavy atom. The molecule has 4 fully saturated rings. The van der Waals surface area contributed by atoms with Crippen molar-refractivity contribution in [2.45, 2.75) is 118 Å². The summed E-state index contributed by atoms with van der Waals surface area (Å²) in [7, 11) is 0. The van der Waals surface area contributed by atoms with Crippen LogP contribution < -0.4 is 31.8 Å². The van der Waals surface area contributed by atoms with Crippen molar-refractivity contribution in [1.82, 2.24) is 15.5 Å². The molecule has 7 atom stereocenters. The van der Waals surface area contributed by atoms with Crippen LogP contribution in [0.15, 0.2) is 30.3 Å². The predicted octanol–water partition coefficient (Wildman–Crippen LogP) is 1.26. The number of ether oxygens (including phenoxy) is 2. The fourth-order valence-corrected chi connectivity index (χ4v) is 9.99. The number of rotatable bonds is 8. The van der Waals surface area contributed by atoms with E-state index in [1.807, 2.05) is 39.0 Å². The van der Waals surface area contributed by atoms with Gasteiger partial charge in [0.15, 0.2) is 0 Å². The summed E-state index contributed by atoms with van der Waals surface area (Å²) in [5, 5.41) is 18.0. The Morgan fingerprint density at radius 1 is 1.12 bits per heavy atom. The number of hydrogen-bond donors (Lipinski definition) is 3. The third-order valence-electron chi connectivity index (χ3n) is 9.28. The Kier molecular flexibility index (Phi) is 10.2. The number of carbonyl (C=O) groups is 2. The molecular weight excluding hydrogens is 633 g/mol. The van der Waals surface area contributed by atoms with Crippen molar-refractivity contribution in [2.24, 2.45) is 11.8 Å². The summed E-state index contributed by atoms with van der Waals surface area (Å²) >= 11 is -0.760. The van der Waals surface area contributed by atoms with Crippen LogP contribution in [-0.4, -0.2) is 75.1 Å². The van der Waals surface area contributed by atoms with Gasteiger partial charge in [-0.2, -0.15) is 0 Å². The molecule has 1 spiro atoms. The Bertz CT molecular complexity index is 1030. The second kappa shape index (κ2) is 13.5. The van der Waals surface area contributed by atoms with Crippen molar-refractivity contribution in [1.29, 1.82) is 0 Å². The summed E-state index contributed by atoms with van der Waals surface area (Å²) in [6, 6.07) is 9.82. The first-order valence-corrected chi connectivity index (χ1v) is 18.0. The van der Waals surface area contributed by atoms with Gasteiger partial charge in [0.1, 0.15) is 0 Å². The summed E-state index contributed by atoms with van der Waals surface area (Å²) < 4.78 is 12.6. The Morgan fingerprint density at radius 3 is 2.59 bits per heavy atom. The van der Waals surface area contributed by atoms with Gasteiger partial charge in [0.25, 0.3) is 0 Å². The second-order valence-corrected chi connectivity index (χ2v) is 16.9. The molecule has 41 heavy (non-hydrogen) atoms. The van der Waals surface area contributed by atoms with Crippen LogP contribution in [0.2, 0.25) is 0 Å². The fraction of sp³-hybridized carbons (Fsp3) is 0.750. The van der Waals surface area contributed by atoms with Gasteiger partial charge in [-0.25, -0.2) is 0 Å². The standard InChI is InChI=1S/C32H49IN3O5/c1-31(2,3)35-29(38)26-18-22-10-7-8-11-23(22)20-36(26)21-27(37)28(33-24-12-5-4-6-13-24)34-30(39)41-25-14-16-32(19-25)15-9-17-40-32/h4-6,12-13,22-23,25-28,37H,7-11,14-21H2,1-3H3,(H,34,39)(H,35,38)/q-1/t22-,23+,25-,26-,27+,28+,32+/m0/s1. The number of β-amino-alcohol motifs (C(OH)–C–C–N with tert-alkyl or cyclic N) is 1.